The van der Waals surface area contributed by atoms with Crippen molar-refractivity contribution in [2.75, 3.05) is 0 Å². The van der Waals surface area contributed by atoms with Gasteiger partial charge < -0.3 is 16.8 Å². The molecule has 0 aliphatic carbocycles. The summed E-state index contributed by atoms with van der Waals surface area (Å²) in [5.74, 6) is -2.63. The molecule has 0 atom stereocenters. The lowest BCUT2D eigenvalue weighted by molar-refractivity contribution is -0.133. The number of halogens is 2. The second-order valence-corrected chi connectivity index (χ2v) is 6.48. The molecule has 1 aromatic carbocycles. The highest BCUT2D eigenvalue weighted by Gasteiger charge is 2.25. The van der Waals surface area contributed by atoms with Crippen LogP contribution in [0.15, 0.2) is 18.2 Å². The average Bonchev–Trinajstić information content (AvgIpc) is 2.80. The van der Waals surface area contributed by atoms with Crippen LogP contribution >= 0.6 is 23.2 Å². The van der Waals surface area contributed by atoms with Crippen LogP contribution in [0.3, 0.4) is 0 Å². The van der Waals surface area contributed by atoms with Gasteiger partial charge in [-0.25, -0.2) is 4.68 Å². The zero-order valence-corrected chi connectivity index (χ0v) is 15.6. The van der Waals surface area contributed by atoms with Gasteiger partial charge in [0, 0.05) is 16.3 Å². The van der Waals surface area contributed by atoms with E-state index in [4.69, 9.17) is 34.7 Å². The Morgan fingerprint density at radius 1 is 1.19 bits per heavy atom. The summed E-state index contributed by atoms with van der Waals surface area (Å²) in [7, 11) is 0. The Kier molecular flexibility index (Phi) is 5.89. The number of amides is 3. The number of rotatable bonds is 6. The van der Waals surface area contributed by atoms with Gasteiger partial charge >= 0.3 is 0 Å². The molecular formula is C16H17Cl2N5O3. The quantitative estimate of drug-likeness (QED) is 0.621. The summed E-state index contributed by atoms with van der Waals surface area (Å²) in [4.78, 5) is 34.5. The second-order valence-electron chi connectivity index (χ2n) is 5.64. The number of hydrogen-bond acceptors (Lipinski definition) is 4. The molecule has 8 nitrogen and oxygen atoms in total. The first-order valence-electron chi connectivity index (χ1n) is 7.50. The first kappa shape index (κ1) is 19.7. The molecular weight excluding hydrogens is 381 g/mol. The molecule has 3 amide bonds. The van der Waals surface area contributed by atoms with E-state index in [9.17, 15) is 14.4 Å². The van der Waals surface area contributed by atoms with Gasteiger partial charge in [-0.1, -0.05) is 23.2 Å². The van der Waals surface area contributed by atoms with Gasteiger partial charge in [0.25, 0.3) is 0 Å². The van der Waals surface area contributed by atoms with Gasteiger partial charge in [-0.05, 0) is 32.0 Å². The minimum Gasteiger partial charge on any atom is -0.367 e. The van der Waals surface area contributed by atoms with E-state index >= 15 is 0 Å². The van der Waals surface area contributed by atoms with Crippen molar-refractivity contribution in [1.82, 2.24) is 15.1 Å². The summed E-state index contributed by atoms with van der Waals surface area (Å²) in [5, 5.41) is 7.51. The number of primary amides is 2. The SMILES string of the molecule is Cc1nn(-c2ccc(Cl)cc2Cl)c(C)c1CC(=O)NC(C(N)=O)C(N)=O. The van der Waals surface area contributed by atoms with Gasteiger partial charge in [0.1, 0.15) is 0 Å². The van der Waals surface area contributed by atoms with Gasteiger partial charge in [-0.15, -0.1) is 0 Å². The van der Waals surface area contributed by atoms with E-state index < -0.39 is 23.8 Å². The van der Waals surface area contributed by atoms with E-state index in [1.165, 1.54) is 0 Å². The van der Waals surface area contributed by atoms with Crippen LogP contribution < -0.4 is 16.8 Å². The maximum absolute atomic E-state index is 12.2. The number of benzene rings is 1. The molecule has 1 aromatic heterocycles. The first-order chi connectivity index (χ1) is 12.1. The van der Waals surface area contributed by atoms with Crippen LogP contribution in [0.4, 0.5) is 0 Å². The average molecular weight is 398 g/mol. The number of aryl methyl sites for hydroxylation is 1. The number of carbonyl (C=O) groups excluding carboxylic acids is 3. The van der Waals surface area contributed by atoms with Gasteiger partial charge in [0.2, 0.25) is 17.7 Å². The van der Waals surface area contributed by atoms with Crippen molar-refractivity contribution in [2.24, 2.45) is 11.5 Å². The maximum Gasteiger partial charge on any atom is 0.249 e. The molecule has 0 unspecified atom stereocenters. The lowest BCUT2D eigenvalue weighted by Gasteiger charge is -2.12. The van der Waals surface area contributed by atoms with Crippen molar-refractivity contribution in [3.05, 3.63) is 45.2 Å². The van der Waals surface area contributed by atoms with Crippen LogP contribution in [-0.2, 0) is 20.8 Å². The molecule has 26 heavy (non-hydrogen) atoms. The highest BCUT2D eigenvalue weighted by Crippen LogP contribution is 2.27. The summed E-state index contributed by atoms with van der Waals surface area (Å²) in [5.41, 5.74) is 12.6. The zero-order chi connectivity index (χ0) is 19.6. The molecule has 0 radical (unpaired) electrons. The number of nitrogens with zero attached hydrogens (tertiary/aromatic N) is 2. The smallest absolute Gasteiger partial charge is 0.249 e. The van der Waals surface area contributed by atoms with Crippen LogP contribution in [0.5, 0.6) is 0 Å². The number of carbonyl (C=O) groups is 3. The topological polar surface area (TPSA) is 133 Å². The Labute approximate surface area is 159 Å². The van der Waals surface area contributed by atoms with Gasteiger partial charge in [-0.3, -0.25) is 14.4 Å². The minimum absolute atomic E-state index is 0.111. The Bertz CT molecular complexity index is 880. The lowest BCUT2D eigenvalue weighted by Crippen LogP contribution is -2.52. The number of aromatic nitrogens is 2. The summed E-state index contributed by atoms with van der Waals surface area (Å²) in [6.45, 7) is 3.50. The van der Waals surface area contributed by atoms with Gasteiger partial charge in [0.05, 0.1) is 22.8 Å². The fraction of sp³-hybridized carbons (Fsp3) is 0.250. The molecule has 1 heterocycles. The normalized spacial score (nSPS) is 10.8. The molecule has 2 rings (SSSR count). The molecule has 0 aliphatic heterocycles. The third-order valence-electron chi connectivity index (χ3n) is 3.79. The van der Waals surface area contributed by atoms with E-state index in [2.05, 4.69) is 10.4 Å². The predicted molar refractivity (Wildman–Crippen MR) is 97.1 cm³/mol. The van der Waals surface area contributed by atoms with Crippen molar-refractivity contribution >= 4 is 40.9 Å². The zero-order valence-electron chi connectivity index (χ0n) is 14.0. The van der Waals surface area contributed by atoms with Crippen LogP contribution in [0.25, 0.3) is 5.69 Å². The molecule has 10 heteroatoms. The van der Waals surface area contributed by atoms with Crippen molar-refractivity contribution in [1.29, 1.82) is 0 Å². The van der Waals surface area contributed by atoms with Crippen LogP contribution in [0.2, 0.25) is 10.0 Å². The highest BCUT2D eigenvalue weighted by atomic mass is 35.5. The van der Waals surface area contributed by atoms with Crippen LogP contribution in [0.1, 0.15) is 17.0 Å². The third-order valence-corrected chi connectivity index (χ3v) is 4.33. The van der Waals surface area contributed by atoms with E-state index in [0.717, 1.165) is 0 Å². The highest BCUT2D eigenvalue weighted by molar-refractivity contribution is 6.35. The molecule has 0 saturated heterocycles. The predicted octanol–water partition coefficient (Wildman–Crippen LogP) is 0.794. The van der Waals surface area contributed by atoms with Crippen LogP contribution in [0, 0.1) is 13.8 Å². The molecule has 0 bridgehead atoms. The molecule has 138 valence electrons. The third kappa shape index (κ3) is 4.14. The van der Waals surface area contributed by atoms with E-state index in [1.807, 2.05) is 0 Å². The minimum atomic E-state index is -1.57. The summed E-state index contributed by atoms with van der Waals surface area (Å²) >= 11 is 12.1. The van der Waals surface area contributed by atoms with Gasteiger partial charge in [0.15, 0.2) is 6.04 Å². The maximum atomic E-state index is 12.2. The monoisotopic (exact) mass is 397 g/mol. The molecule has 0 aliphatic rings. The fourth-order valence-electron chi connectivity index (χ4n) is 2.47. The molecule has 2 aromatic rings. The summed E-state index contributed by atoms with van der Waals surface area (Å²) < 4.78 is 1.59. The summed E-state index contributed by atoms with van der Waals surface area (Å²) in [6.07, 6.45) is -0.111. The Morgan fingerprint density at radius 2 is 1.81 bits per heavy atom. The van der Waals surface area contributed by atoms with E-state index in [1.54, 1.807) is 36.7 Å². The second kappa shape index (κ2) is 7.76. The lowest BCUT2D eigenvalue weighted by atomic mass is 10.1. The Hall–Kier alpha value is -2.58. The number of nitrogens with one attached hydrogen (secondary N) is 1. The number of hydrogen-bond donors (Lipinski definition) is 3. The first-order valence-corrected chi connectivity index (χ1v) is 8.26. The van der Waals surface area contributed by atoms with Gasteiger partial charge in [-0.2, -0.15) is 5.10 Å². The van der Waals surface area contributed by atoms with Crippen molar-refractivity contribution in [3.8, 4) is 5.69 Å². The summed E-state index contributed by atoms with van der Waals surface area (Å²) in [6, 6.07) is 3.41. The van der Waals surface area contributed by atoms with Crippen molar-refractivity contribution in [3.63, 3.8) is 0 Å². The van der Waals surface area contributed by atoms with Crippen LogP contribution in [-0.4, -0.2) is 33.5 Å². The fourth-order valence-corrected chi connectivity index (χ4v) is 2.96. The Morgan fingerprint density at radius 3 is 2.35 bits per heavy atom. The molecule has 5 N–H and O–H groups in total. The molecule has 0 saturated carbocycles. The van der Waals surface area contributed by atoms with E-state index in [-0.39, 0.29) is 6.42 Å². The largest absolute Gasteiger partial charge is 0.367 e. The van der Waals surface area contributed by atoms with Crippen molar-refractivity contribution < 1.29 is 14.4 Å². The molecule has 0 fully saturated rings. The van der Waals surface area contributed by atoms with E-state index in [0.29, 0.717) is 32.7 Å². The number of nitrogens with two attached hydrogens (primary N) is 2. The standard InChI is InChI=1S/C16H17Cl2N5O3/c1-7-10(6-13(24)21-14(15(19)25)16(20)26)8(2)23(22-7)12-4-3-9(17)5-11(12)18/h3-5,14H,6H2,1-2H3,(H2,19,25)(H2,20,26)(H,21,24). The van der Waals surface area contributed by atoms with Crippen molar-refractivity contribution in [2.45, 2.75) is 26.3 Å². The molecule has 0 spiro atoms. The Balaban J connectivity index is 2.29.